The summed E-state index contributed by atoms with van der Waals surface area (Å²) in [6.07, 6.45) is 1.35. The number of carbonyl (C=O) groups excluding carboxylic acids is 3. The number of halogens is 2. The van der Waals surface area contributed by atoms with Crippen molar-refractivity contribution in [1.82, 2.24) is 15.6 Å². The van der Waals surface area contributed by atoms with Crippen LogP contribution in [0.1, 0.15) is 51.7 Å². The van der Waals surface area contributed by atoms with Crippen LogP contribution in [-0.4, -0.2) is 42.0 Å². The van der Waals surface area contributed by atoms with Gasteiger partial charge in [-0.3, -0.25) is 9.59 Å². The van der Waals surface area contributed by atoms with E-state index in [0.29, 0.717) is 10.0 Å². The van der Waals surface area contributed by atoms with Crippen molar-refractivity contribution in [3.05, 3.63) is 124 Å². The molecule has 2 amide bonds. The Morgan fingerprint density at radius 1 is 0.786 bits per heavy atom. The van der Waals surface area contributed by atoms with Crippen LogP contribution in [0.25, 0.3) is 0 Å². The Hall–Kier alpha value is -4.40. The van der Waals surface area contributed by atoms with Gasteiger partial charge >= 0.3 is 5.97 Å². The van der Waals surface area contributed by atoms with Crippen LogP contribution in [0, 0.1) is 0 Å². The molecule has 0 aliphatic heterocycles. The third-order valence-electron chi connectivity index (χ3n) is 6.58. The number of carbonyl (C=O) groups is 3. The van der Waals surface area contributed by atoms with Crippen LogP contribution < -0.4 is 20.1 Å². The maximum absolute atomic E-state index is 13.3. The van der Waals surface area contributed by atoms with Gasteiger partial charge in [0.15, 0.2) is 11.4 Å². The van der Waals surface area contributed by atoms with Gasteiger partial charge in [0, 0.05) is 34.3 Å². The summed E-state index contributed by atoms with van der Waals surface area (Å²) in [5, 5.41) is 6.85. The highest BCUT2D eigenvalue weighted by Crippen LogP contribution is 2.31. The molecular weight excluding hydrogens is 577 g/mol. The number of nitrogens with one attached hydrogen (secondary N) is 2. The summed E-state index contributed by atoms with van der Waals surface area (Å²) in [5.74, 6) is -2.07. The van der Waals surface area contributed by atoms with Gasteiger partial charge in [0.2, 0.25) is 11.7 Å². The Morgan fingerprint density at radius 3 is 1.90 bits per heavy atom. The Labute approximate surface area is 254 Å². The predicted molar refractivity (Wildman–Crippen MR) is 161 cm³/mol. The third-order valence-corrected chi connectivity index (χ3v) is 7.08. The predicted octanol–water partition coefficient (Wildman–Crippen LogP) is 6.07. The summed E-state index contributed by atoms with van der Waals surface area (Å²) in [4.78, 5) is 43.4. The van der Waals surface area contributed by atoms with Gasteiger partial charge in [0.25, 0.3) is 5.91 Å². The number of hydrogen-bond acceptors (Lipinski definition) is 6. The smallest absolute Gasteiger partial charge is 0.343 e. The molecule has 0 fully saturated rings. The van der Waals surface area contributed by atoms with Crippen molar-refractivity contribution in [1.29, 1.82) is 0 Å². The molecule has 0 unspecified atom stereocenters. The van der Waals surface area contributed by atoms with Crippen LogP contribution >= 0.6 is 23.2 Å². The van der Waals surface area contributed by atoms with Crippen molar-refractivity contribution in [2.45, 2.75) is 31.8 Å². The molecule has 2 atom stereocenters. The van der Waals surface area contributed by atoms with Gasteiger partial charge in [-0.2, -0.15) is 0 Å². The van der Waals surface area contributed by atoms with Gasteiger partial charge < -0.3 is 20.1 Å². The summed E-state index contributed by atoms with van der Waals surface area (Å²) < 4.78 is 10.8. The van der Waals surface area contributed by atoms with Crippen molar-refractivity contribution >= 4 is 41.0 Å². The number of ether oxygens (including phenoxy) is 2. The molecule has 3 aromatic carbocycles. The molecule has 4 aromatic rings. The Morgan fingerprint density at radius 2 is 1.36 bits per heavy atom. The van der Waals surface area contributed by atoms with E-state index in [1.54, 1.807) is 61.5 Å². The van der Waals surface area contributed by atoms with Gasteiger partial charge in [-0.25, -0.2) is 9.78 Å². The summed E-state index contributed by atoms with van der Waals surface area (Å²) in [7, 11) is 1.38. The van der Waals surface area contributed by atoms with Crippen molar-refractivity contribution < 1.29 is 23.9 Å². The highest BCUT2D eigenvalue weighted by atomic mass is 35.5. The first-order chi connectivity index (χ1) is 20.2. The molecule has 216 valence electrons. The summed E-state index contributed by atoms with van der Waals surface area (Å²) in [6.45, 7) is 3.43. The van der Waals surface area contributed by atoms with Gasteiger partial charge in [0.1, 0.15) is 6.04 Å². The Balaban J connectivity index is 1.50. The van der Waals surface area contributed by atoms with E-state index in [0.717, 1.165) is 11.1 Å². The lowest BCUT2D eigenvalue weighted by molar-refractivity contribution is -0.123. The molecule has 42 heavy (non-hydrogen) atoms. The average molecular weight is 607 g/mol. The maximum atomic E-state index is 13.3. The summed E-state index contributed by atoms with van der Waals surface area (Å²) >= 11 is 12.2. The van der Waals surface area contributed by atoms with Crippen LogP contribution in [0.4, 0.5) is 0 Å². The van der Waals surface area contributed by atoms with Crippen LogP contribution in [-0.2, 0) is 4.79 Å². The Bertz CT molecular complexity index is 1500. The quantitative estimate of drug-likeness (QED) is 0.212. The molecule has 0 aliphatic carbocycles. The normalized spacial score (nSPS) is 12.2. The molecule has 2 N–H and O–H groups in total. The highest BCUT2D eigenvalue weighted by molar-refractivity contribution is 6.30. The van der Waals surface area contributed by atoms with Crippen molar-refractivity contribution in [2.75, 3.05) is 7.11 Å². The average Bonchev–Trinajstić information content (AvgIpc) is 2.99. The molecule has 4 rings (SSSR count). The standard InChI is InChI=1S/C32H29Cl2N3O5/c1-19(27(21-9-13-24(33)14-10-21)22-11-15-25(34)16-12-22)36-30(38)20(2)37-31(39)28-29(26(41-3)17-18-35-28)42-32(40)23-7-5-4-6-8-23/h4-20,27H,1-3H3,(H,36,38)(H,37,39)/t19-,20-/m0/s1. The minimum atomic E-state index is -0.957. The maximum Gasteiger partial charge on any atom is 0.343 e. The summed E-state index contributed by atoms with van der Waals surface area (Å²) in [5.41, 5.74) is 1.97. The Kier molecular flexibility index (Phi) is 10.2. The zero-order valence-corrected chi connectivity index (χ0v) is 24.6. The lowest BCUT2D eigenvalue weighted by atomic mass is 9.85. The molecule has 8 nitrogen and oxygen atoms in total. The number of benzene rings is 3. The molecule has 0 saturated heterocycles. The van der Waals surface area contributed by atoms with E-state index in [-0.39, 0.29) is 34.7 Å². The minimum Gasteiger partial charge on any atom is -0.493 e. The molecule has 10 heteroatoms. The van der Waals surface area contributed by atoms with Crippen LogP contribution in [0.2, 0.25) is 10.0 Å². The zero-order chi connectivity index (χ0) is 30.2. The van der Waals surface area contributed by atoms with E-state index in [4.69, 9.17) is 32.7 Å². The number of methoxy groups -OCH3 is 1. The SMILES string of the molecule is COc1ccnc(C(=O)N[C@@H](C)C(=O)N[C@@H](C)C(c2ccc(Cl)cc2)c2ccc(Cl)cc2)c1OC(=O)c1ccccc1. The van der Waals surface area contributed by atoms with E-state index >= 15 is 0 Å². The second kappa shape index (κ2) is 14.0. The third kappa shape index (κ3) is 7.46. The number of esters is 1. The minimum absolute atomic E-state index is 0.138. The summed E-state index contributed by atoms with van der Waals surface area (Å²) in [6, 6.07) is 23.2. The van der Waals surface area contributed by atoms with Crippen LogP contribution in [0.3, 0.4) is 0 Å². The van der Waals surface area contributed by atoms with Crippen molar-refractivity contribution in [2.24, 2.45) is 0 Å². The molecule has 0 saturated carbocycles. The van der Waals surface area contributed by atoms with E-state index in [2.05, 4.69) is 15.6 Å². The zero-order valence-electron chi connectivity index (χ0n) is 23.1. The van der Waals surface area contributed by atoms with E-state index in [1.807, 2.05) is 31.2 Å². The largest absolute Gasteiger partial charge is 0.493 e. The van der Waals surface area contributed by atoms with Crippen molar-refractivity contribution in [3.8, 4) is 11.5 Å². The number of pyridine rings is 1. The first-order valence-corrected chi connectivity index (χ1v) is 13.9. The number of nitrogens with zero attached hydrogens (tertiary/aromatic N) is 1. The fourth-order valence-electron chi connectivity index (χ4n) is 4.45. The lowest BCUT2D eigenvalue weighted by Gasteiger charge is -2.27. The van der Waals surface area contributed by atoms with E-state index in [9.17, 15) is 14.4 Å². The fourth-order valence-corrected chi connectivity index (χ4v) is 4.70. The molecule has 0 bridgehead atoms. The number of rotatable bonds is 10. The first-order valence-electron chi connectivity index (χ1n) is 13.1. The number of aromatic nitrogens is 1. The molecule has 1 aromatic heterocycles. The number of amides is 2. The van der Waals surface area contributed by atoms with Gasteiger partial charge in [-0.1, -0.05) is 65.7 Å². The van der Waals surface area contributed by atoms with Crippen LogP contribution in [0.5, 0.6) is 11.5 Å². The second-order valence-corrected chi connectivity index (χ2v) is 10.4. The first kappa shape index (κ1) is 30.6. The topological polar surface area (TPSA) is 107 Å². The van der Waals surface area contributed by atoms with Crippen molar-refractivity contribution in [3.63, 3.8) is 0 Å². The van der Waals surface area contributed by atoms with Gasteiger partial charge in [-0.05, 0) is 61.4 Å². The highest BCUT2D eigenvalue weighted by Gasteiger charge is 2.28. The molecule has 0 spiro atoms. The van der Waals surface area contributed by atoms with Gasteiger partial charge in [0.05, 0.1) is 12.7 Å². The monoisotopic (exact) mass is 605 g/mol. The fraction of sp³-hybridized carbons (Fsp3) is 0.188. The second-order valence-electron chi connectivity index (χ2n) is 9.52. The molecule has 0 radical (unpaired) electrons. The van der Waals surface area contributed by atoms with E-state index < -0.39 is 23.8 Å². The lowest BCUT2D eigenvalue weighted by Crippen LogP contribution is -2.49. The number of hydrogen-bond donors (Lipinski definition) is 2. The van der Waals surface area contributed by atoms with E-state index in [1.165, 1.54) is 19.4 Å². The molecular formula is C32H29Cl2N3O5. The molecule has 0 aliphatic rings. The van der Waals surface area contributed by atoms with Gasteiger partial charge in [-0.15, -0.1) is 0 Å². The molecule has 1 heterocycles. The van der Waals surface area contributed by atoms with Crippen LogP contribution in [0.15, 0.2) is 91.1 Å².